The van der Waals surface area contributed by atoms with E-state index in [-0.39, 0.29) is 29.3 Å². The average Bonchev–Trinajstić information content (AvgIpc) is 3.21. The first-order valence-corrected chi connectivity index (χ1v) is 11.9. The van der Waals surface area contributed by atoms with Crippen molar-refractivity contribution in [1.29, 1.82) is 5.26 Å². The summed E-state index contributed by atoms with van der Waals surface area (Å²) in [5.74, 6) is 0.245. The van der Waals surface area contributed by atoms with Gasteiger partial charge in [-0.25, -0.2) is 0 Å². The molecule has 1 fully saturated rings. The summed E-state index contributed by atoms with van der Waals surface area (Å²) in [5.41, 5.74) is 2.92. The van der Waals surface area contributed by atoms with E-state index in [1.807, 2.05) is 49.3 Å². The molecule has 1 amide bonds. The summed E-state index contributed by atoms with van der Waals surface area (Å²) >= 11 is 0. The maximum Gasteiger partial charge on any atom is 0.227 e. The maximum atomic E-state index is 13.1. The molecule has 0 radical (unpaired) electrons. The number of hydrogen-bond acceptors (Lipinski definition) is 6. The topological polar surface area (TPSA) is 65.8 Å². The highest BCUT2D eigenvalue weighted by atomic mass is 16.2. The van der Waals surface area contributed by atoms with Crippen molar-refractivity contribution in [2.24, 2.45) is 11.8 Å². The lowest BCUT2D eigenvalue weighted by atomic mass is 9.85. The summed E-state index contributed by atoms with van der Waals surface area (Å²) in [6, 6.07) is 8.55. The molecule has 1 unspecified atom stereocenters. The fraction of sp³-hybridized carbons (Fsp3) is 0.556. The minimum Gasteiger partial charge on any atom is -0.393 e. The van der Waals surface area contributed by atoms with Crippen LogP contribution in [0.5, 0.6) is 0 Å². The SMILES string of the molecule is C=CN(C)Cc1cc(N2C[C@@H](C(C)(C)N(C)C)CC2=O)ccc1N(/C=C\NC)[C@@H](C)C(C)C#N. The van der Waals surface area contributed by atoms with Crippen LogP contribution in [-0.4, -0.2) is 62.0 Å². The highest BCUT2D eigenvalue weighted by Crippen LogP contribution is 2.36. The molecule has 0 spiro atoms. The summed E-state index contributed by atoms with van der Waals surface area (Å²) in [7, 11) is 7.98. The second kappa shape index (κ2) is 11.4. The number of nitrogens with one attached hydrogen (secondary N) is 1. The number of nitriles is 1. The van der Waals surface area contributed by atoms with E-state index in [1.54, 1.807) is 6.20 Å². The predicted octanol–water partition coefficient (Wildman–Crippen LogP) is 4.00. The molecule has 7 nitrogen and oxygen atoms in total. The lowest BCUT2D eigenvalue weighted by Crippen LogP contribution is -2.46. The molecule has 7 heteroatoms. The zero-order chi connectivity index (χ0) is 25.6. The fourth-order valence-electron chi connectivity index (χ4n) is 4.19. The molecule has 34 heavy (non-hydrogen) atoms. The molecule has 1 N–H and O–H groups in total. The quantitative estimate of drug-likeness (QED) is 0.532. The van der Waals surface area contributed by atoms with Crippen molar-refractivity contribution in [2.45, 2.75) is 52.2 Å². The average molecular weight is 467 g/mol. The van der Waals surface area contributed by atoms with Crippen molar-refractivity contribution in [3.8, 4) is 6.07 Å². The van der Waals surface area contributed by atoms with E-state index in [4.69, 9.17) is 0 Å². The number of benzene rings is 1. The van der Waals surface area contributed by atoms with Gasteiger partial charge in [-0.3, -0.25) is 4.79 Å². The third-order valence-electron chi connectivity index (χ3n) is 7.43. The van der Waals surface area contributed by atoms with E-state index in [0.717, 1.165) is 16.9 Å². The number of carbonyl (C=O) groups excluding carboxylic acids is 1. The largest absolute Gasteiger partial charge is 0.393 e. The number of anilines is 2. The first kappa shape index (κ1) is 27.3. The molecule has 2 rings (SSSR count). The highest BCUT2D eigenvalue weighted by Gasteiger charge is 2.41. The Balaban J connectivity index is 2.51. The first-order chi connectivity index (χ1) is 16.0. The smallest absolute Gasteiger partial charge is 0.227 e. The van der Waals surface area contributed by atoms with Crippen molar-refractivity contribution in [3.63, 3.8) is 0 Å². The van der Waals surface area contributed by atoms with Gasteiger partial charge in [0.2, 0.25) is 5.91 Å². The van der Waals surface area contributed by atoms with E-state index < -0.39 is 0 Å². The Morgan fingerprint density at radius 1 is 1.32 bits per heavy atom. The van der Waals surface area contributed by atoms with E-state index in [2.05, 4.69) is 74.8 Å². The van der Waals surface area contributed by atoms with Crippen molar-refractivity contribution in [3.05, 3.63) is 48.9 Å². The van der Waals surface area contributed by atoms with Gasteiger partial charge in [0, 0.05) is 74.9 Å². The van der Waals surface area contributed by atoms with Gasteiger partial charge in [0.25, 0.3) is 0 Å². The van der Waals surface area contributed by atoms with Crippen LogP contribution in [0, 0.1) is 23.2 Å². The van der Waals surface area contributed by atoms with Gasteiger partial charge in [-0.05, 0) is 71.8 Å². The third-order valence-corrected chi connectivity index (χ3v) is 7.43. The fourth-order valence-corrected chi connectivity index (χ4v) is 4.19. The minimum absolute atomic E-state index is 0.0353. The number of hydrogen-bond donors (Lipinski definition) is 1. The molecule has 0 saturated carbocycles. The second-order valence-corrected chi connectivity index (χ2v) is 10.0. The molecule has 1 aliphatic heterocycles. The maximum absolute atomic E-state index is 13.1. The van der Waals surface area contributed by atoms with Gasteiger partial charge in [-0.2, -0.15) is 5.26 Å². The van der Waals surface area contributed by atoms with Crippen LogP contribution in [0.25, 0.3) is 0 Å². The van der Waals surface area contributed by atoms with Crippen LogP contribution in [-0.2, 0) is 11.3 Å². The molecule has 1 saturated heterocycles. The molecule has 1 aliphatic rings. The molecule has 3 atom stereocenters. The summed E-state index contributed by atoms with van der Waals surface area (Å²) in [4.78, 5) is 21.3. The lowest BCUT2D eigenvalue weighted by molar-refractivity contribution is -0.117. The monoisotopic (exact) mass is 466 g/mol. The van der Waals surface area contributed by atoms with Crippen LogP contribution in [0.4, 0.5) is 11.4 Å². The molecule has 0 aromatic heterocycles. The zero-order valence-electron chi connectivity index (χ0n) is 22.2. The van der Waals surface area contributed by atoms with Crippen molar-refractivity contribution in [2.75, 3.05) is 44.5 Å². The van der Waals surface area contributed by atoms with Gasteiger partial charge in [-0.15, -0.1) is 0 Å². The third kappa shape index (κ3) is 5.92. The summed E-state index contributed by atoms with van der Waals surface area (Å²) in [5, 5.41) is 12.6. The highest BCUT2D eigenvalue weighted by molar-refractivity contribution is 5.96. The molecule has 186 valence electrons. The summed E-state index contributed by atoms with van der Waals surface area (Å²) in [6.45, 7) is 13.6. The standard InChI is InChI=1S/C27H42N6O/c1-10-31(9)18-22-15-24(33-19-23(16-26(33)34)27(4,5)30(7)8)11-12-25(22)32(14-13-29-6)21(3)20(2)17-28/h10-15,20-21,23,29H,1,16,18-19H2,2-9H3/b14-13-/t20?,21-,23-/m0/s1. The van der Waals surface area contributed by atoms with Gasteiger partial charge < -0.3 is 24.9 Å². The predicted molar refractivity (Wildman–Crippen MR) is 141 cm³/mol. The Morgan fingerprint density at radius 2 is 2.00 bits per heavy atom. The van der Waals surface area contributed by atoms with Crippen LogP contribution >= 0.6 is 0 Å². The Bertz CT molecular complexity index is 932. The number of nitrogens with zero attached hydrogens (tertiary/aromatic N) is 5. The summed E-state index contributed by atoms with van der Waals surface area (Å²) < 4.78 is 0. The molecule has 1 aromatic rings. The molecule has 1 aromatic carbocycles. The Labute approximate surface area is 206 Å². The Kier molecular flexibility index (Phi) is 9.17. The minimum atomic E-state index is -0.166. The molecule has 0 aliphatic carbocycles. The first-order valence-electron chi connectivity index (χ1n) is 11.9. The number of carbonyl (C=O) groups is 1. The van der Waals surface area contributed by atoms with Crippen LogP contribution < -0.4 is 15.1 Å². The summed E-state index contributed by atoms with van der Waals surface area (Å²) in [6.07, 6.45) is 6.18. The zero-order valence-corrected chi connectivity index (χ0v) is 22.2. The second-order valence-electron chi connectivity index (χ2n) is 10.0. The van der Waals surface area contributed by atoms with E-state index in [1.165, 1.54) is 0 Å². The van der Waals surface area contributed by atoms with Crippen LogP contribution in [0.2, 0.25) is 0 Å². The van der Waals surface area contributed by atoms with Crippen LogP contribution in [0.3, 0.4) is 0 Å². The van der Waals surface area contributed by atoms with Gasteiger partial charge in [0.1, 0.15) is 0 Å². The van der Waals surface area contributed by atoms with Crippen molar-refractivity contribution in [1.82, 2.24) is 15.1 Å². The van der Waals surface area contributed by atoms with Crippen LogP contribution in [0.1, 0.15) is 39.7 Å². The van der Waals surface area contributed by atoms with Crippen molar-refractivity contribution >= 4 is 17.3 Å². The molecular formula is C27H42N6O. The Hall–Kier alpha value is -2.98. The van der Waals surface area contributed by atoms with E-state index in [9.17, 15) is 10.1 Å². The van der Waals surface area contributed by atoms with E-state index in [0.29, 0.717) is 19.5 Å². The van der Waals surface area contributed by atoms with Gasteiger partial charge in [0.05, 0.1) is 12.0 Å². The van der Waals surface area contributed by atoms with E-state index >= 15 is 0 Å². The van der Waals surface area contributed by atoms with Gasteiger partial charge in [0.15, 0.2) is 0 Å². The van der Waals surface area contributed by atoms with Gasteiger partial charge >= 0.3 is 0 Å². The normalized spacial score (nSPS) is 18.2. The number of rotatable bonds is 11. The Morgan fingerprint density at radius 3 is 2.56 bits per heavy atom. The molecular weight excluding hydrogens is 424 g/mol. The molecule has 1 heterocycles. The van der Waals surface area contributed by atoms with Crippen molar-refractivity contribution < 1.29 is 4.79 Å². The molecule has 0 bridgehead atoms. The van der Waals surface area contributed by atoms with Crippen LogP contribution in [0.15, 0.2) is 43.4 Å². The lowest BCUT2D eigenvalue weighted by Gasteiger charge is -2.38. The van der Waals surface area contributed by atoms with Gasteiger partial charge in [-0.1, -0.05) is 6.58 Å². The number of amides is 1.